The van der Waals surface area contributed by atoms with Gasteiger partial charge in [-0.3, -0.25) is 4.79 Å². The number of carboxylic acid groups (broad SMARTS) is 1. The second-order valence-corrected chi connectivity index (χ2v) is 7.34. The average molecular weight is 312 g/mol. The Labute approximate surface area is 116 Å². The van der Waals surface area contributed by atoms with Crippen molar-refractivity contribution in [3.63, 3.8) is 0 Å². The first-order valence-corrected chi connectivity index (χ1v) is 7.95. The molecule has 0 bridgehead atoms. The highest BCUT2D eigenvalue weighted by molar-refractivity contribution is 7.86. The van der Waals surface area contributed by atoms with Gasteiger partial charge in [-0.2, -0.15) is 17.0 Å². The molecule has 2 rings (SSSR count). The predicted molar refractivity (Wildman–Crippen MR) is 66.6 cm³/mol. The second kappa shape index (κ2) is 5.53. The van der Waals surface area contributed by atoms with Gasteiger partial charge in [0.2, 0.25) is 0 Å². The molecule has 6 nitrogen and oxygen atoms in total. The van der Waals surface area contributed by atoms with E-state index in [0.29, 0.717) is 12.8 Å². The Morgan fingerprint density at radius 3 is 2.55 bits per heavy atom. The topological polar surface area (TPSA) is 77.9 Å². The number of nitrogens with zero attached hydrogens (tertiary/aromatic N) is 2. The number of aliphatic carboxylic acids is 1. The van der Waals surface area contributed by atoms with E-state index < -0.39 is 35.1 Å². The number of piperidine rings is 1. The van der Waals surface area contributed by atoms with Gasteiger partial charge in [0.05, 0.1) is 6.54 Å². The molecule has 0 aromatic carbocycles. The van der Waals surface area contributed by atoms with E-state index in [1.54, 1.807) is 0 Å². The minimum atomic E-state index is -3.91. The Morgan fingerprint density at radius 1 is 1.30 bits per heavy atom. The quantitative estimate of drug-likeness (QED) is 0.831. The van der Waals surface area contributed by atoms with E-state index in [2.05, 4.69) is 0 Å². The minimum Gasteiger partial charge on any atom is -0.481 e. The first kappa shape index (κ1) is 15.6. The van der Waals surface area contributed by atoms with Gasteiger partial charge in [0.1, 0.15) is 0 Å². The van der Waals surface area contributed by atoms with E-state index >= 15 is 0 Å². The fourth-order valence-corrected chi connectivity index (χ4v) is 4.47. The number of rotatable bonds is 4. The molecule has 2 aliphatic rings. The zero-order valence-electron chi connectivity index (χ0n) is 11.0. The van der Waals surface area contributed by atoms with Crippen molar-refractivity contribution in [1.29, 1.82) is 0 Å². The van der Waals surface area contributed by atoms with Crippen LogP contribution in [0.2, 0.25) is 0 Å². The van der Waals surface area contributed by atoms with Crippen molar-refractivity contribution < 1.29 is 27.1 Å². The maximum atomic E-state index is 13.1. The van der Waals surface area contributed by atoms with Gasteiger partial charge in [0.25, 0.3) is 16.1 Å². The van der Waals surface area contributed by atoms with Crippen molar-refractivity contribution in [1.82, 2.24) is 8.61 Å². The lowest BCUT2D eigenvalue weighted by atomic mass is 9.96. The van der Waals surface area contributed by atoms with Crippen molar-refractivity contribution in [2.45, 2.75) is 31.6 Å². The van der Waals surface area contributed by atoms with Crippen LogP contribution in [0.1, 0.15) is 25.7 Å². The lowest BCUT2D eigenvalue weighted by Crippen LogP contribution is -2.48. The molecule has 1 N–H and O–H groups in total. The average Bonchev–Trinajstić information content (AvgIpc) is 2.70. The summed E-state index contributed by atoms with van der Waals surface area (Å²) >= 11 is 0. The highest BCUT2D eigenvalue weighted by Crippen LogP contribution is 2.31. The molecule has 0 amide bonds. The fourth-order valence-electron chi connectivity index (χ4n) is 2.71. The molecule has 2 saturated heterocycles. The number of carboxylic acids is 1. The van der Waals surface area contributed by atoms with E-state index in [-0.39, 0.29) is 32.0 Å². The Bertz CT molecular complexity index is 483. The van der Waals surface area contributed by atoms with Crippen LogP contribution in [0.5, 0.6) is 0 Å². The molecule has 1 unspecified atom stereocenters. The van der Waals surface area contributed by atoms with E-state index in [1.807, 2.05) is 0 Å². The zero-order chi connectivity index (χ0) is 15.0. The first-order valence-electron chi connectivity index (χ1n) is 6.55. The Balaban J connectivity index is 2.04. The van der Waals surface area contributed by atoms with Crippen molar-refractivity contribution in [2.75, 3.05) is 26.2 Å². The molecule has 2 fully saturated rings. The second-order valence-electron chi connectivity index (χ2n) is 5.41. The van der Waals surface area contributed by atoms with Gasteiger partial charge in [-0.25, -0.2) is 8.78 Å². The van der Waals surface area contributed by atoms with E-state index in [1.165, 1.54) is 0 Å². The Morgan fingerprint density at radius 2 is 2.00 bits per heavy atom. The highest BCUT2D eigenvalue weighted by Gasteiger charge is 2.45. The number of halogens is 2. The normalized spacial score (nSPS) is 28.6. The number of carbonyl (C=O) groups is 1. The van der Waals surface area contributed by atoms with Gasteiger partial charge in [-0.05, 0) is 18.8 Å². The fraction of sp³-hybridized carbons (Fsp3) is 0.909. The van der Waals surface area contributed by atoms with Crippen LogP contribution in [0.25, 0.3) is 0 Å². The van der Waals surface area contributed by atoms with E-state index in [4.69, 9.17) is 5.11 Å². The van der Waals surface area contributed by atoms with Crippen molar-refractivity contribution >= 4 is 16.2 Å². The highest BCUT2D eigenvalue weighted by atomic mass is 32.2. The molecular formula is C11H18F2N2O4S. The number of alkyl halides is 2. The van der Waals surface area contributed by atoms with Gasteiger partial charge >= 0.3 is 5.97 Å². The monoisotopic (exact) mass is 312 g/mol. The summed E-state index contributed by atoms with van der Waals surface area (Å²) in [5.74, 6) is -4.19. The minimum absolute atomic E-state index is 0.0940. The third kappa shape index (κ3) is 3.44. The lowest BCUT2D eigenvalue weighted by molar-refractivity contribution is -0.138. The van der Waals surface area contributed by atoms with Crippen molar-refractivity contribution in [3.8, 4) is 0 Å². The summed E-state index contributed by atoms with van der Waals surface area (Å²) in [7, 11) is -3.91. The summed E-state index contributed by atoms with van der Waals surface area (Å²) in [5.41, 5.74) is 0. The van der Waals surface area contributed by atoms with Crippen LogP contribution < -0.4 is 0 Å². The predicted octanol–water partition coefficient (Wildman–Crippen LogP) is 0.759. The van der Waals surface area contributed by atoms with Crippen LogP contribution in [-0.4, -0.2) is 60.2 Å². The lowest BCUT2D eigenvalue weighted by Gasteiger charge is -2.33. The molecule has 0 saturated carbocycles. The molecule has 0 aromatic heterocycles. The molecule has 2 aliphatic heterocycles. The maximum absolute atomic E-state index is 13.1. The van der Waals surface area contributed by atoms with Crippen LogP contribution in [-0.2, 0) is 15.0 Å². The van der Waals surface area contributed by atoms with Gasteiger partial charge in [0, 0.05) is 32.5 Å². The molecule has 20 heavy (non-hydrogen) atoms. The summed E-state index contributed by atoms with van der Waals surface area (Å²) < 4.78 is 52.8. The van der Waals surface area contributed by atoms with Gasteiger partial charge in [0.15, 0.2) is 0 Å². The van der Waals surface area contributed by atoms with Crippen LogP contribution >= 0.6 is 0 Å². The Hall–Kier alpha value is -0.800. The smallest absolute Gasteiger partial charge is 0.303 e. The van der Waals surface area contributed by atoms with Crippen molar-refractivity contribution in [3.05, 3.63) is 0 Å². The summed E-state index contributed by atoms with van der Waals surface area (Å²) in [6.45, 7) is -0.609. The Kier molecular flexibility index (Phi) is 4.31. The SMILES string of the molecule is O=C(O)CC1CCCN(S(=O)(=O)N2CCC(F)(F)C2)C1. The molecule has 0 radical (unpaired) electrons. The number of hydrogen-bond donors (Lipinski definition) is 1. The van der Waals surface area contributed by atoms with E-state index in [9.17, 15) is 22.0 Å². The molecule has 0 aliphatic carbocycles. The third-order valence-electron chi connectivity index (χ3n) is 3.73. The largest absolute Gasteiger partial charge is 0.481 e. The number of hydrogen-bond acceptors (Lipinski definition) is 3. The van der Waals surface area contributed by atoms with E-state index in [0.717, 1.165) is 8.61 Å². The maximum Gasteiger partial charge on any atom is 0.303 e. The molecule has 0 aromatic rings. The molecular weight excluding hydrogens is 294 g/mol. The third-order valence-corrected chi connectivity index (χ3v) is 5.68. The molecule has 2 heterocycles. The summed E-state index contributed by atoms with van der Waals surface area (Å²) in [4.78, 5) is 10.7. The summed E-state index contributed by atoms with van der Waals surface area (Å²) in [6.07, 6.45) is 0.649. The summed E-state index contributed by atoms with van der Waals surface area (Å²) in [5, 5.41) is 8.76. The van der Waals surface area contributed by atoms with Gasteiger partial charge < -0.3 is 5.11 Å². The zero-order valence-corrected chi connectivity index (χ0v) is 11.8. The van der Waals surface area contributed by atoms with Crippen LogP contribution in [0.15, 0.2) is 0 Å². The van der Waals surface area contributed by atoms with Crippen LogP contribution in [0.3, 0.4) is 0 Å². The molecule has 116 valence electrons. The molecule has 0 spiro atoms. The van der Waals surface area contributed by atoms with Crippen LogP contribution in [0, 0.1) is 5.92 Å². The van der Waals surface area contributed by atoms with Gasteiger partial charge in [-0.15, -0.1) is 0 Å². The summed E-state index contributed by atoms with van der Waals surface area (Å²) in [6, 6.07) is 0. The van der Waals surface area contributed by atoms with Crippen LogP contribution in [0.4, 0.5) is 8.78 Å². The molecule has 1 atom stereocenters. The first-order chi connectivity index (χ1) is 9.21. The van der Waals surface area contributed by atoms with Gasteiger partial charge in [-0.1, -0.05) is 0 Å². The standard InChI is InChI=1S/C11H18F2N2O4S/c12-11(13)3-5-15(8-11)20(18,19)14-4-1-2-9(7-14)6-10(16)17/h9H,1-8H2,(H,16,17). The van der Waals surface area contributed by atoms with Crippen molar-refractivity contribution in [2.24, 2.45) is 5.92 Å². The molecule has 9 heteroatoms.